The highest BCUT2D eigenvalue weighted by atomic mass is 32.2. The van der Waals surface area contributed by atoms with Gasteiger partial charge < -0.3 is 9.64 Å². The van der Waals surface area contributed by atoms with E-state index >= 15 is 0 Å². The molecule has 6 nitrogen and oxygen atoms in total. The highest BCUT2D eigenvalue weighted by Gasteiger charge is 2.48. The van der Waals surface area contributed by atoms with Crippen molar-refractivity contribution in [3.05, 3.63) is 24.5 Å². The van der Waals surface area contributed by atoms with Gasteiger partial charge in [-0.25, -0.2) is 8.42 Å². The van der Waals surface area contributed by atoms with Crippen LogP contribution in [0.15, 0.2) is 29.4 Å². The van der Waals surface area contributed by atoms with E-state index in [1.165, 1.54) is 6.20 Å². The molecule has 3 heterocycles. The maximum absolute atomic E-state index is 12.9. The fraction of sp³-hybridized carbons (Fsp3) is 0.667. The molecule has 0 amide bonds. The molecule has 0 saturated carbocycles. The molecular weight excluding hydrogens is 302 g/mol. The smallest absolute Gasteiger partial charge is 0.244 e. The first-order valence-corrected chi connectivity index (χ1v) is 9.19. The van der Waals surface area contributed by atoms with E-state index < -0.39 is 10.0 Å². The lowest BCUT2D eigenvalue weighted by atomic mass is 9.91. The molecule has 122 valence electrons. The molecule has 22 heavy (non-hydrogen) atoms. The van der Waals surface area contributed by atoms with Crippen molar-refractivity contribution in [2.24, 2.45) is 5.92 Å². The Balaban J connectivity index is 1.91. The number of rotatable bonds is 4. The first-order valence-electron chi connectivity index (χ1n) is 7.75. The summed E-state index contributed by atoms with van der Waals surface area (Å²) in [5.41, 5.74) is 0. The minimum absolute atomic E-state index is 0.0103. The summed E-state index contributed by atoms with van der Waals surface area (Å²) in [7, 11) is -1.77. The fourth-order valence-corrected chi connectivity index (χ4v) is 5.32. The lowest BCUT2D eigenvalue weighted by Crippen LogP contribution is -2.53. The summed E-state index contributed by atoms with van der Waals surface area (Å²) in [5.74, 6) is 0.241. The van der Waals surface area contributed by atoms with Gasteiger partial charge in [-0.15, -0.1) is 0 Å². The Morgan fingerprint density at radius 2 is 2.23 bits per heavy atom. The molecule has 0 aromatic carbocycles. The summed E-state index contributed by atoms with van der Waals surface area (Å²) in [4.78, 5) is 6.53. The van der Waals surface area contributed by atoms with E-state index in [0.717, 1.165) is 26.1 Å². The molecule has 2 aliphatic rings. The second-order valence-electron chi connectivity index (χ2n) is 5.95. The Morgan fingerprint density at radius 3 is 2.86 bits per heavy atom. The number of likely N-dealkylation sites (N-methyl/N-ethyl adjacent to an activating group) is 1. The summed E-state index contributed by atoms with van der Waals surface area (Å²) in [6.45, 7) is 5.23. The summed E-state index contributed by atoms with van der Waals surface area (Å²) >= 11 is 0. The van der Waals surface area contributed by atoms with Gasteiger partial charge in [0.05, 0.1) is 6.10 Å². The summed E-state index contributed by atoms with van der Waals surface area (Å²) in [5, 5.41) is 0. The van der Waals surface area contributed by atoms with Gasteiger partial charge in [0, 0.05) is 51.1 Å². The van der Waals surface area contributed by atoms with Gasteiger partial charge in [-0.3, -0.25) is 4.98 Å². The van der Waals surface area contributed by atoms with Crippen molar-refractivity contribution in [2.45, 2.75) is 30.4 Å². The summed E-state index contributed by atoms with van der Waals surface area (Å²) < 4.78 is 33.2. The molecule has 1 aromatic heterocycles. The van der Waals surface area contributed by atoms with Gasteiger partial charge in [0.25, 0.3) is 0 Å². The van der Waals surface area contributed by atoms with Crippen molar-refractivity contribution in [3.8, 4) is 0 Å². The number of nitrogens with zero attached hydrogens (tertiary/aromatic N) is 3. The number of hydrogen-bond acceptors (Lipinski definition) is 5. The minimum Gasteiger partial charge on any atom is -0.381 e. The monoisotopic (exact) mass is 325 g/mol. The fourth-order valence-electron chi connectivity index (χ4n) is 3.68. The maximum atomic E-state index is 12.9. The molecule has 0 radical (unpaired) electrons. The molecule has 2 fully saturated rings. The van der Waals surface area contributed by atoms with Crippen molar-refractivity contribution in [1.82, 2.24) is 14.2 Å². The lowest BCUT2D eigenvalue weighted by Gasteiger charge is -2.40. The second-order valence-corrected chi connectivity index (χ2v) is 7.84. The third-order valence-corrected chi connectivity index (χ3v) is 6.79. The van der Waals surface area contributed by atoms with E-state index in [4.69, 9.17) is 4.74 Å². The zero-order chi connectivity index (χ0) is 15.7. The standard InChI is InChI=1S/C15H23N3O3S/c1-3-17-10-13-14(11-17)18(8-6-15(13)21-2)22(19,20)12-5-4-7-16-9-12/h4-5,7,9,13-15H,3,6,8,10-11H2,1-2H3/t13-,14+,15+/m0/s1. The van der Waals surface area contributed by atoms with Crippen molar-refractivity contribution in [1.29, 1.82) is 0 Å². The minimum atomic E-state index is -3.49. The maximum Gasteiger partial charge on any atom is 0.244 e. The van der Waals surface area contributed by atoms with Crippen molar-refractivity contribution in [2.75, 3.05) is 33.3 Å². The van der Waals surface area contributed by atoms with E-state index in [9.17, 15) is 8.42 Å². The van der Waals surface area contributed by atoms with Crippen LogP contribution in [-0.4, -0.2) is 68.0 Å². The summed E-state index contributed by atoms with van der Waals surface area (Å²) in [6.07, 6.45) is 3.91. The number of ether oxygens (including phenoxy) is 1. The number of piperidine rings is 1. The van der Waals surface area contributed by atoms with Crippen LogP contribution in [0.25, 0.3) is 0 Å². The Labute approximate surface area is 132 Å². The molecule has 1 aromatic rings. The number of likely N-dealkylation sites (tertiary alicyclic amines) is 1. The third-order valence-electron chi connectivity index (χ3n) is 4.88. The van der Waals surface area contributed by atoms with Gasteiger partial charge in [-0.2, -0.15) is 4.31 Å². The average molecular weight is 325 g/mol. The van der Waals surface area contributed by atoms with Crippen LogP contribution in [0.2, 0.25) is 0 Å². The molecule has 3 atom stereocenters. The van der Waals surface area contributed by atoms with Crippen molar-refractivity contribution in [3.63, 3.8) is 0 Å². The normalized spacial score (nSPS) is 30.4. The van der Waals surface area contributed by atoms with Crippen LogP contribution in [0.5, 0.6) is 0 Å². The molecule has 0 spiro atoms. The zero-order valence-corrected chi connectivity index (χ0v) is 13.9. The number of hydrogen-bond donors (Lipinski definition) is 0. The van der Waals surface area contributed by atoms with Crippen LogP contribution < -0.4 is 0 Å². The zero-order valence-electron chi connectivity index (χ0n) is 13.1. The quantitative estimate of drug-likeness (QED) is 0.820. The van der Waals surface area contributed by atoms with Gasteiger partial charge in [0.2, 0.25) is 10.0 Å². The number of fused-ring (bicyclic) bond motifs is 1. The molecule has 2 saturated heterocycles. The Bertz CT molecular complexity index is 608. The number of methoxy groups -OCH3 is 1. The van der Waals surface area contributed by atoms with Gasteiger partial charge in [-0.05, 0) is 25.1 Å². The highest BCUT2D eigenvalue weighted by molar-refractivity contribution is 7.89. The Kier molecular flexibility index (Phi) is 4.49. The van der Waals surface area contributed by atoms with Gasteiger partial charge in [0.1, 0.15) is 4.90 Å². The van der Waals surface area contributed by atoms with Gasteiger partial charge in [-0.1, -0.05) is 6.92 Å². The predicted octanol–water partition coefficient (Wildman–Crippen LogP) is 0.811. The topological polar surface area (TPSA) is 62.7 Å². The average Bonchev–Trinajstić information content (AvgIpc) is 2.98. The van der Waals surface area contributed by atoms with Crippen LogP contribution in [0.4, 0.5) is 0 Å². The second kappa shape index (κ2) is 6.23. The molecule has 0 aliphatic carbocycles. The molecule has 0 unspecified atom stereocenters. The van der Waals surface area contributed by atoms with Crippen LogP contribution in [0.3, 0.4) is 0 Å². The molecule has 2 aliphatic heterocycles. The van der Waals surface area contributed by atoms with Crippen LogP contribution in [-0.2, 0) is 14.8 Å². The van der Waals surface area contributed by atoms with Crippen molar-refractivity contribution >= 4 is 10.0 Å². The largest absolute Gasteiger partial charge is 0.381 e. The van der Waals surface area contributed by atoms with Gasteiger partial charge in [0.15, 0.2) is 0 Å². The van der Waals surface area contributed by atoms with Crippen LogP contribution in [0, 0.1) is 5.92 Å². The number of aromatic nitrogens is 1. The van der Waals surface area contributed by atoms with Crippen LogP contribution in [0.1, 0.15) is 13.3 Å². The number of sulfonamides is 1. The predicted molar refractivity (Wildman–Crippen MR) is 82.9 cm³/mol. The molecule has 7 heteroatoms. The Hall–Kier alpha value is -1.02. The molecule has 0 N–H and O–H groups in total. The van der Waals surface area contributed by atoms with E-state index in [1.54, 1.807) is 29.7 Å². The summed E-state index contributed by atoms with van der Waals surface area (Å²) in [6, 6.07) is 3.27. The van der Waals surface area contributed by atoms with E-state index in [1.807, 2.05) is 0 Å². The van der Waals surface area contributed by atoms with Crippen molar-refractivity contribution < 1.29 is 13.2 Å². The highest BCUT2D eigenvalue weighted by Crippen LogP contribution is 2.35. The molecule has 3 rings (SSSR count). The van der Waals surface area contributed by atoms with E-state index in [2.05, 4.69) is 16.8 Å². The van der Waals surface area contributed by atoms with E-state index in [0.29, 0.717) is 6.54 Å². The Morgan fingerprint density at radius 1 is 1.41 bits per heavy atom. The lowest BCUT2D eigenvalue weighted by molar-refractivity contribution is 0.00238. The first kappa shape index (κ1) is 15.9. The molecular formula is C15H23N3O3S. The van der Waals surface area contributed by atoms with Gasteiger partial charge >= 0.3 is 0 Å². The first-order chi connectivity index (χ1) is 10.6. The SMILES string of the molecule is CCN1C[C@H]2[C@@H](C1)N(S(=O)(=O)c1cccnc1)CC[C@H]2OC. The third kappa shape index (κ3) is 2.67. The van der Waals surface area contributed by atoms with E-state index in [-0.39, 0.29) is 23.0 Å². The molecule has 0 bridgehead atoms. The van der Waals surface area contributed by atoms with Crippen LogP contribution >= 0.6 is 0 Å². The number of pyridine rings is 1.